The van der Waals surface area contributed by atoms with Gasteiger partial charge in [-0.15, -0.1) is 24.0 Å². The maximum absolute atomic E-state index is 5.42. The van der Waals surface area contributed by atoms with Gasteiger partial charge in [-0.1, -0.05) is 13.8 Å². The zero-order chi connectivity index (χ0) is 16.7. The second-order valence-electron chi connectivity index (χ2n) is 5.93. The van der Waals surface area contributed by atoms with Crippen LogP contribution in [0.5, 0.6) is 0 Å². The van der Waals surface area contributed by atoms with Crippen molar-refractivity contribution in [1.82, 2.24) is 20.4 Å². The Labute approximate surface area is 162 Å². The van der Waals surface area contributed by atoms with Crippen molar-refractivity contribution in [2.45, 2.75) is 59.0 Å². The molecule has 1 aliphatic rings. The molecular formula is C17H32IN5O. The van der Waals surface area contributed by atoms with Gasteiger partial charge >= 0.3 is 0 Å². The van der Waals surface area contributed by atoms with E-state index in [4.69, 9.17) is 9.73 Å². The van der Waals surface area contributed by atoms with E-state index in [0.717, 1.165) is 57.1 Å². The van der Waals surface area contributed by atoms with E-state index in [-0.39, 0.29) is 24.0 Å². The Morgan fingerprint density at radius 1 is 1.25 bits per heavy atom. The van der Waals surface area contributed by atoms with Crippen LogP contribution in [0.2, 0.25) is 0 Å². The number of nitrogens with zero attached hydrogens (tertiary/aromatic N) is 3. The van der Waals surface area contributed by atoms with E-state index in [1.807, 2.05) is 11.7 Å². The van der Waals surface area contributed by atoms with Crippen LogP contribution in [0.4, 0.5) is 0 Å². The van der Waals surface area contributed by atoms with Gasteiger partial charge in [0.2, 0.25) is 0 Å². The number of halogens is 1. The first-order valence-electron chi connectivity index (χ1n) is 8.85. The number of hydrogen-bond donors (Lipinski definition) is 2. The van der Waals surface area contributed by atoms with Crippen LogP contribution in [-0.2, 0) is 31.2 Å². The number of nitrogens with one attached hydrogen (secondary N) is 2. The van der Waals surface area contributed by atoms with Gasteiger partial charge < -0.3 is 15.4 Å². The number of guanidine groups is 1. The number of aromatic nitrogens is 2. The van der Waals surface area contributed by atoms with Crippen molar-refractivity contribution in [2.75, 3.05) is 19.8 Å². The molecule has 0 amide bonds. The summed E-state index contributed by atoms with van der Waals surface area (Å²) in [6.07, 6.45) is 4.01. The third-order valence-corrected chi connectivity index (χ3v) is 4.33. The van der Waals surface area contributed by atoms with Crippen molar-refractivity contribution < 1.29 is 4.74 Å². The van der Waals surface area contributed by atoms with Crippen LogP contribution in [0.15, 0.2) is 4.99 Å². The molecule has 0 atom stereocenters. The monoisotopic (exact) mass is 449 g/mol. The van der Waals surface area contributed by atoms with E-state index >= 15 is 0 Å². The van der Waals surface area contributed by atoms with Crippen molar-refractivity contribution in [3.8, 4) is 0 Å². The van der Waals surface area contributed by atoms with Crippen LogP contribution in [-0.4, -0.2) is 41.5 Å². The first-order valence-corrected chi connectivity index (χ1v) is 8.85. The quantitative estimate of drug-likeness (QED) is 0.398. The summed E-state index contributed by atoms with van der Waals surface area (Å²) in [5.41, 5.74) is 3.73. The Kier molecular flexibility index (Phi) is 9.65. The molecule has 7 heteroatoms. The lowest BCUT2D eigenvalue weighted by Crippen LogP contribution is -2.45. The Balaban J connectivity index is 0.00000288. The lowest BCUT2D eigenvalue weighted by molar-refractivity contribution is 0.0822. The van der Waals surface area contributed by atoms with Crippen LogP contribution in [0.1, 0.15) is 50.6 Å². The second-order valence-corrected chi connectivity index (χ2v) is 5.93. The summed E-state index contributed by atoms with van der Waals surface area (Å²) in [5.74, 6) is 0.896. The topological polar surface area (TPSA) is 63.5 Å². The van der Waals surface area contributed by atoms with Gasteiger partial charge in [-0.05, 0) is 32.6 Å². The number of ether oxygens (including phenoxy) is 1. The van der Waals surface area contributed by atoms with Crippen molar-refractivity contribution in [3.63, 3.8) is 0 Å². The highest BCUT2D eigenvalue weighted by atomic mass is 127. The van der Waals surface area contributed by atoms with Crippen LogP contribution in [0, 0.1) is 0 Å². The van der Waals surface area contributed by atoms with Gasteiger partial charge in [0.25, 0.3) is 0 Å². The minimum absolute atomic E-state index is 0. The van der Waals surface area contributed by atoms with E-state index in [0.29, 0.717) is 12.6 Å². The first-order chi connectivity index (χ1) is 11.2. The minimum Gasteiger partial charge on any atom is -0.381 e. The molecule has 2 rings (SSSR count). The molecule has 24 heavy (non-hydrogen) atoms. The molecular weight excluding hydrogens is 417 g/mol. The third kappa shape index (κ3) is 5.61. The summed E-state index contributed by atoms with van der Waals surface area (Å²) < 4.78 is 7.43. The Morgan fingerprint density at radius 3 is 2.54 bits per heavy atom. The van der Waals surface area contributed by atoms with Gasteiger partial charge in [0.1, 0.15) is 0 Å². The van der Waals surface area contributed by atoms with Crippen LogP contribution >= 0.6 is 24.0 Å². The van der Waals surface area contributed by atoms with Crippen molar-refractivity contribution >= 4 is 29.9 Å². The molecule has 0 spiro atoms. The molecule has 0 aromatic carbocycles. The Bertz CT molecular complexity index is 523. The smallest absolute Gasteiger partial charge is 0.191 e. The van der Waals surface area contributed by atoms with E-state index < -0.39 is 0 Å². The molecule has 0 bridgehead atoms. The lowest BCUT2D eigenvalue weighted by atomic mass is 10.1. The molecule has 2 heterocycles. The largest absolute Gasteiger partial charge is 0.381 e. The molecule has 1 aromatic rings. The standard InChI is InChI=1S/C17H31N5O.HI/c1-5-15-14(16(6-2)22(4)21-15)12-19-17(18-7-3)20-13-8-10-23-11-9-13;/h13H,5-12H2,1-4H3,(H2,18,19,20);1H. The van der Waals surface area contributed by atoms with E-state index in [1.54, 1.807) is 0 Å². The maximum atomic E-state index is 5.42. The normalized spacial score (nSPS) is 15.9. The van der Waals surface area contributed by atoms with Crippen molar-refractivity contribution in [1.29, 1.82) is 0 Å². The van der Waals surface area contributed by atoms with Gasteiger partial charge in [0.15, 0.2) is 5.96 Å². The third-order valence-electron chi connectivity index (χ3n) is 4.33. The number of rotatable bonds is 6. The zero-order valence-corrected chi connectivity index (χ0v) is 17.7. The predicted molar refractivity (Wildman–Crippen MR) is 109 cm³/mol. The Hall–Kier alpha value is -0.830. The average molecular weight is 449 g/mol. The number of hydrogen-bond acceptors (Lipinski definition) is 3. The van der Waals surface area contributed by atoms with E-state index in [9.17, 15) is 0 Å². The minimum atomic E-state index is 0. The lowest BCUT2D eigenvalue weighted by Gasteiger charge is -2.25. The molecule has 138 valence electrons. The van der Waals surface area contributed by atoms with Crippen LogP contribution in [0.3, 0.4) is 0 Å². The highest BCUT2D eigenvalue weighted by Crippen LogP contribution is 2.16. The molecule has 1 saturated heterocycles. The Morgan fingerprint density at radius 2 is 1.96 bits per heavy atom. The predicted octanol–water partition coefficient (Wildman–Crippen LogP) is 2.40. The summed E-state index contributed by atoms with van der Waals surface area (Å²) in [6, 6.07) is 0.451. The van der Waals surface area contributed by atoms with Gasteiger partial charge in [-0.2, -0.15) is 5.10 Å². The summed E-state index contributed by atoms with van der Waals surface area (Å²) in [7, 11) is 2.02. The summed E-state index contributed by atoms with van der Waals surface area (Å²) in [6.45, 7) is 9.64. The molecule has 0 unspecified atom stereocenters. The van der Waals surface area contributed by atoms with E-state index in [1.165, 1.54) is 11.3 Å². The fourth-order valence-corrected chi connectivity index (χ4v) is 3.09. The molecule has 6 nitrogen and oxygen atoms in total. The molecule has 0 saturated carbocycles. The van der Waals surface area contributed by atoms with Gasteiger partial charge in [-0.3, -0.25) is 4.68 Å². The number of aliphatic imine (C=N–C) groups is 1. The fraction of sp³-hybridized carbons (Fsp3) is 0.765. The SMILES string of the molecule is CCNC(=NCc1c(CC)nn(C)c1CC)NC1CCOCC1.I. The number of aryl methyl sites for hydroxylation is 2. The first kappa shape index (κ1) is 21.2. The highest BCUT2D eigenvalue weighted by molar-refractivity contribution is 14.0. The molecule has 1 aromatic heterocycles. The van der Waals surface area contributed by atoms with Gasteiger partial charge in [0, 0.05) is 44.1 Å². The summed E-state index contributed by atoms with van der Waals surface area (Å²) in [5, 5.41) is 11.5. The molecule has 1 aliphatic heterocycles. The van der Waals surface area contributed by atoms with E-state index in [2.05, 4.69) is 36.5 Å². The molecule has 0 radical (unpaired) electrons. The second kappa shape index (κ2) is 10.9. The van der Waals surface area contributed by atoms with Gasteiger partial charge in [-0.25, -0.2) is 4.99 Å². The molecule has 0 aliphatic carbocycles. The van der Waals surface area contributed by atoms with Crippen LogP contribution < -0.4 is 10.6 Å². The zero-order valence-electron chi connectivity index (χ0n) is 15.4. The van der Waals surface area contributed by atoms with Crippen LogP contribution in [0.25, 0.3) is 0 Å². The maximum Gasteiger partial charge on any atom is 0.191 e. The van der Waals surface area contributed by atoms with Crippen molar-refractivity contribution in [3.05, 3.63) is 17.0 Å². The average Bonchev–Trinajstić information content (AvgIpc) is 2.88. The van der Waals surface area contributed by atoms with Gasteiger partial charge in [0.05, 0.1) is 12.2 Å². The highest BCUT2D eigenvalue weighted by Gasteiger charge is 2.16. The molecule has 1 fully saturated rings. The molecule has 2 N–H and O–H groups in total. The summed E-state index contributed by atoms with van der Waals surface area (Å²) >= 11 is 0. The fourth-order valence-electron chi connectivity index (χ4n) is 3.09. The summed E-state index contributed by atoms with van der Waals surface area (Å²) in [4.78, 5) is 4.81. The van der Waals surface area contributed by atoms with Crippen molar-refractivity contribution in [2.24, 2.45) is 12.0 Å².